The van der Waals surface area contributed by atoms with Crippen molar-refractivity contribution in [3.8, 4) is 0 Å². The Hall–Kier alpha value is -1.87. The molecular weight excluding hydrogens is 729 g/mol. The van der Waals surface area contributed by atoms with Gasteiger partial charge in [0.2, 0.25) is 0 Å². The number of unbranched alkanes of at least 4 members (excludes halogenated alkanes) is 19. The van der Waals surface area contributed by atoms with Gasteiger partial charge in [0.15, 0.2) is 12.4 Å². The highest BCUT2D eigenvalue weighted by Gasteiger charge is 2.46. The summed E-state index contributed by atoms with van der Waals surface area (Å²) in [5, 5.41) is 30.8. The van der Waals surface area contributed by atoms with Crippen molar-refractivity contribution in [2.75, 3.05) is 19.0 Å². The third-order valence-electron chi connectivity index (χ3n) is 9.78. The van der Waals surface area contributed by atoms with Gasteiger partial charge in [-0.2, -0.15) is 8.42 Å². The molecule has 1 rings (SSSR count). The molecule has 55 heavy (non-hydrogen) atoms. The number of allylic oxidation sites excluding steroid dienone is 4. The zero-order chi connectivity index (χ0) is 40.6. The number of rotatable bonds is 35. The summed E-state index contributed by atoms with van der Waals surface area (Å²) < 4.78 is 53.9. The third-order valence-corrected chi connectivity index (χ3v) is 10.5. The lowest BCUT2D eigenvalue weighted by Crippen LogP contribution is -2.60. The zero-order valence-electron chi connectivity index (χ0n) is 34.0. The molecule has 1 fully saturated rings. The van der Waals surface area contributed by atoms with E-state index in [0.29, 0.717) is 12.8 Å². The number of carbonyl (C=O) groups is 2. The molecule has 0 saturated carbocycles. The average Bonchev–Trinajstić information content (AvgIpc) is 3.14. The van der Waals surface area contributed by atoms with E-state index in [1.165, 1.54) is 77.0 Å². The Balaban J connectivity index is 2.46. The molecule has 1 heterocycles. The predicted octanol–water partition coefficient (Wildman–Crippen LogP) is 8.06. The quantitative estimate of drug-likeness (QED) is 0.0209. The standard InChI is InChI=1S/C42H76O12S/c1-3-5-7-9-11-13-15-16-17-18-19-20-21-23-25-27-29-31-38(44)53-35(32-51-37(43)30-28-26-24-22-14-12-10-8-6-4-2)33-52-42-41(47)40(46)39(45)36(54-42)34-55(48,49)50/h11,13,16-17,35-36,39-42,45-47H,3-10,12,14-15,18-34H2,1-2H3,(H,48,49,50)/b13-11-,17-16-. The average molecular weight is 805 g/mol. The molecule has 1 aliphatic heterocycles. The number of aliphatic hydroxyl groups is 3. The van der Waals surface area contributed by atoms with Crippen LogP contribution in [0.3, 0.4) is 0 Å². The van der Waals surface area contributed by atoms with E-state index in [1.54, 1.807) is 0 Å². The summed E-state index contributed by atoms with van der Waals surface area (Å²) in [6, 6.07) is 0. The van der Waals surface area contributed by atoms with Gasteiger partial charge in [0.25, 0.3) is 10.1 Å². The molecule has 0 bridgehead atoms. The highest BCUT2D eigenvalue weighted by Crippen LogP contribution is 2.24. The van der Waals surface area contributed by atoms with E-state index in [2.05, 4.69) is 38.2 Å². The summed E-state index contributed by atoms with van der Waals surface area (Å²) in [6.07, 6.45) is 25.2. The second-order valence-electron chi connectivity index (χ2n) is 15.0. The first-order valence-electron chi connectivity index (χ1n) is 21.4. The van der Waals surface area contributed by atoms with E-state index in [-0.39, 0.29) is 19.4 Å². The van der Waals surface area contributed by atoms with Gasteiger partial charge in [-0.3, -0.25) is 14.1 Å². The molecule has 0 spiro atoms. The summed E-state index contributed by atoms with van der Waals surface area (Å²) in [6.45, 7) is 3.70. The van der Waals surface area contributed by atoms with Gasteiger partial charge >= 0.3 is 11.9 Å². The van der Waals surface area contributed by atoms with Crippen LogP contribution in [0.4, 0.5) is 0 Å². The summed E-state index contributed by atoms with van der Waals surface area (Å²) in [5.41, 5.74) is 0. The Morgan fingerprint density at radius 1 is 0.618 bits per heavy atom. The summed E-state index contributed by atoms with van der Waals surface area (Å²) in [5.74, 6) is -1.99. The van der Waals surface area contributed by atoms with Crippen LogP contribution in [0.15, 0.2) is 24.3 Å². The topological polar surface area (TPSA) is 186 Å². The Kier molecular flexibility index (Phi) is 30.8. The van der Waals surface area contributed by atoms with Gasteiger partial charge in [-0.05, 0) is 44.9 Å². The van der Waals surface area contributed by atoms with E-state index in [9.17, 15) is 37.9 Å². The molecule has 0 aromatic carbocycles. The highest BCUT2D eigenvalue weighted by molar-refractivity contribution is 7.85. The minimum absolute atomic E-state index is 0.158. The SMILES string of the molecule is CCCCC/C=C\C/C=C\CCCCCCCCCC(=O)OC(COC(=O)CCCCCCCCCCCC)COC1OC(CS(=O)(=O)O)C(O)C(O)C1O. The minimum atomic E-state index is -4.60. The van der Waals surface area contributed by atoms with Crippen LogP contribution in [0.1, 0.15) is 174 Å². The van der Waals surface area contributed by atoms with Crippen LogP contribution < -0.4 is 0 Å². The van der Waals surface area contributed by atoms with Gasteiger partial charge in [0.05, 0.1) is 6.61 Å². The maximum atomic E-state index is 12.8. The van der Waals surface area contributed by atoms with Crippen LogP contribution in [0.25, 0.3) is 0 Å². The lowest BCUT2D eigenvalue weighted by molar-refractivity contribution is -0.297. The molecule has 4 N–H and O–H groups in total. The molecule has 0 amide bonds. The van der Waals surface area contributed by atoms with Crippen molar-refractivity contribution in [2.24, 2.45) is 0 Å². The van der Waals surface area contributed by atoms with Crippen LogP contribution in [-0.2, 0) is 38.7 Å². The van der Waals surface area contributed by atoms with E-state index >= 15 is 0 Å². The van der Waals surface area contributed by atoms with Gasteiger partial charge in [0.1, 0.15) is 36.8 Å². The van der Waals surface area contributed by atoms with Crippen LogP contribution in [0.5, 0.6) is 0 Å². The monoisotopic (exact) mass is 805 g/mol. The summed E-state index contributed by atoms with van der Waals surface area (Å²) >= 11 is 0. The van der Waals surface area contributed by atoms with Gasteiger partial charge in [-0.15, -0.1) is 0 Å². The Morgan fingerprint density at radius 3 is 1.64 bits per heavy atom. The van der Waals surface area contributed by atoms with Gasteiger partial charge in [0, 0.05) is 12.8 Å². The van der Waals surface area contributed by atoms with Crippen molar-refractivity contribution in [3.63, 3.8) is 0 Å². The maximum Gasteiger partial charge on any atom is 0.306 e. The Bertz CT molecular complexity index is 1130. The number of esters is 2. The zero-order valence-corrected chi connectivity index (χ0v) is 34.9. The first-order chi connectivity index (χ1) is 26.5. The molecule has 13 heteroatoms. The highest BCUT2D eigenvalue weighted by atomic mass is 32.2. The first-order valence-corrected chi connectivity index (χ1v) is 23.0. The molecule has 1 aliphatic rings. The Morgan fingerprint density at radius 2 is 1.09 bits per heavy atom. The number of ether oxygens (including phenoxy) is 4. The molecule has 6 unspecified atom stereocenters. The number of hydrogen-bond acceptors (Lipinski definition) is 11. The van der Waals surface area contributed by atoms with Crippen molar-refractivity contribution >= 4 is 22.1 Å². The summed E-state index contributed by atoms with van der Waals surface area (Å²) in [7, 11) is -4.60. The molecule has 6 atom stereocenters. The van der Waals surface area contributed by atoms with Crippen molar-refractivity contribution in [1.82, 2.24) is 0 Å². The van der Waals surface area contributed by atoms with E-state index in [4.69, 9.17) is 18.9 Å². The molecule has 0 aromatic heterocycles. The fraction of sp³-hybridized carbons (Fsp3) is 0.857. The second kappa shape index (κ2) is 33.1. The maximum absolute atomic E-state index is 12.8. The summed E-state index contributed by atoms with van der Waals surface area (Å²) in [4.78, 5) is 25.3. The number of aliphatic hydroxyl groups excluding tert-OH is 3. The smallest absolute Gasteiger partial charge is 0.306 e. The van der Waals surface area contributed by atoms with E-state index in [0.717, 1.165) is 57.8 Å². The first kappa shape index (κ1) is 51.1. The lowest BCUT2D eigenvalue weighted by Gasteiger charge is -2.40. The van der Waals surface area contributed by atoms with Crippen LogP contribution >= 0.6 is 0 Å². The molecular formula is C42H76O12S. The molecule has 0 radical (unpaired) electrons. The lowest BCUT2D eigenvalue weighted by atomic mass is 10.00. The van der Waals surface area contributed by atoms with Crippen LogP contribution in [-0.4, -0.2) is 96.0 Å². The molecule has 0 aromatic rings. The van der Waals surface area contributed by atoms with E-state index in [1.807, 2.05) is 0 Å². The van der Waals surface area contributed by atoms with Crippen LogP contribution in [0.2, 0.25) is 0 Å². The second-order valence-corrected chi connectivity index (χ2v) is 16.5. The van der Waals surface area contributed by atoms with Gasteiger partial charge in [-0.1, -0.05) is 141 Å². The molecule has 1 saturated heterocycles. The fourth-order valence-electron chi connectivity index (χ4n) is 6.41. The van der Waals surface area contributed by atoms with Crippen LogP contribution in [0, 0.1) is 0 Å². The molecule has 12 nitrogen and oxygen atoms in total. The number of hydrogen-bond donors (Lipinski definition) is 4. The largest absolute Gasteiger partial charge is 0.462 e. The van der Waals surface area contributed by atoms with Crippen molar-refractivity contribution in [1.29, 1.82) is 0 Å². The molecule has 0 aliphatic carbocycles. The molecule has 322 valence electrons. The van der Waals surface area contributed by atoms with Gasteiger partial charge in [-0.25, -0.2) is 0 Å². The van der Waals surface area contributed by atoms with Gasteiger partial charge < -0.3 is 34.3 Å². The van der Waals surface area contributed by atoms with Crippen molar-refractivity contribution in [3.05, 3.63) is 24.3 Å². The Labute approximate surface area is 332 Å². The third kappa shape index (κ3) is 28.2. The fourth-order valence-corrected chi connectivity index (χ4v) is 7.10. The normalized spacial score (nSPS) is 21.0. The minimum Gasteiger partial charge on any atom is -0.462 e. The number of carbonyl (C=O) groups excluding carboxylic acids is 2. The van der Waals surface area contributed by atoms with E-state index < -0.39 is 71.2 Å². The van der Waals surface area contributed by atoms with Crippen molar-refractivity contribution < 1.29 is 56.8 Å². The van der Waals surface area contributed by atoms with Crippen molar-refractivity contribution in [2.45, 2.75) is 211 Å². The predicted molar refractivity (Wildman–Crippen MR) is 215 cm³/mol.